The molecule has 1 fully saturated rings. The average Bonchev–Trinajstić information content (AvgIpc) is 2.74. The summed E-state index contributed by atoms with van der Waals surface area (Å²) in [6.45, 7) is 1.87. The molecule has 98 valence electrons. The van der Waals surface area contributed by atoms with Crippen molar-refractivity contribution in [2.75, 3.05) is 6.54 Å². The molecule has 19 heavy (non-hydrogen) atoms. The molecule has 4 heteroatoms. The van der Waals surface area contributed by atoms with Gasteiger partial charge < -0.3 is 15.0 Å². The van der Waals surface area contributed by atoms with Crippen molar-refractivity contribution in [3.8, 4) is 0 Å². The SMILES string of the molecule is O=C(O)c1ccc2cc3n(c2c1)C1(CCC1)CNC3. The van der Waals surface area contributed by atoms with Gasteiger partial charge >= 0.3 is 5.97 Å². The van der Waals surface area contributed by atoms with Crippen LogP contribution in [0.15, 0.2) is 24.3 Å². The molecule has 0 atom stereocenters. The Morgan fingerprint density at radius 2 is 2.16 bits per heavy atom. The van der Waals surface area contributed by atoms with E-state index >= 15 is 0 Å². The number of carboxylic acids is 1. The summed E-state index contributed by atoms with van der Waals surface area (Å²) in [4.78, 5) is 11.2. The first-order valence-corrected chi connectivity index (χ1v) is 6.79. The lowest BCUT2D eigenvalue weighted by Gasteiger charge is -2.47. The first kappa shape index (κ1) is 11.1. The van der Waals surface area contributed by atoms with E-state index in [9.17, 15) is 4.79 Å². The number of fused-ring (bicyclic) bond motifs is 4. The van der Waals surface area contributed by atoms with Crippen LogP contribution in [-0.4, -0.2) is 22.2 Å². The molecular formula is C15H16N2O2. The third-order valence-corrected chi connectivity index (χ3v) is 4.65. The second-order valence-electron chi connectivity index (χ2n) is 5.73. The highest BCUT2D eigenvalue weighted by Gasteiger charge is 2.42. The van der Waals surface area contributed by atoms with E-state index in [0.29, 0.717) is 5.56 Å². The fourth-order valence-corrected chi connectivity index (χ4v) is 3.57. The summed E-state index contributed by atoms with van der Waals surface area (Å²) in [5.41, 5.74) is 2.92. The van der Waals surface area contributed by atoms with Crippen molar-refractivity contribution >= 4 is 16.9 Å². The molecule has 0 bridgehead atoms. The van der Waals surface area contributed by atoms with Gasteiger partial charge in [-0.1, -0.05) is 6.07 Å². The zero-order valence-corrected chi connectivity index (χ0v) is 10.6. The predicted octanol–water partition coefficient (Wildman–Crippen LogP) is 2.32. The lowest BCUT2D eigenvalue weighted by atomic mass is 9.75. The molecule has 1 aromatic heterocycles. The van der Waals surface area contributed by atoms with Crippen LogP contribution in [0, 0.1) is 0 Å². The number of aromatic nitrogens is 1. The Bertz CT molecular complexity index is 683. The lowest BCUT2D eigenvalue weighted by Crippen LogP contribution is -2.52. The fourth-order valence-electron chi connectivity index (χ4n) is 3.57. The molecule has 2 aromatic rings. The van der Waals surface area contributed by atoms with Crippen molar-refractivity contribution < 1.29 is 9.90 Å². The fraction of sp³-hybridized carbons (Fsp3) is 0.400. The normalized spacial score (nSPS) is 20.2. The van der Waals surface area contributed by atoms with Gasteiger partial charge in [0.05, 0.1) is 11.1 Å². The van der Waals surface area contributed by atoms with Crippen LogP contribution in [0.3, 0.4) is 0 Å². The average molecular weight is 256 g/mol. The highest BCUT2D eigenvalue weighted by atomic mass is 16.4. The van der Waals surface area contributed by atoms with Gasteiger partial charge in [0.25, 0.3) is 0 Å². The van der Waals surface area contributed by atoms with Gasteiger partial charge in [0, 0.05) is 24.3 Å². The summed E-state index contributed by atoms with van der Waals surface area (Å²) in [6.07, 6.45) is 3.64. The van der Waals surface area contributed by atoms with Crippen LogP contribution in [0.5, 0.6) is 0 Å². The van der Waals surface area contributed by atoms with Crippen molar-refractivity contribution in [1.29, 1.82) is 0 Å². The van der Waals surface area contributed by atoms with Crippen molar-refractivity contribution in [2.45, 2.75) is 31.3 Å². The van der Waals surface area contributed by atoms with E-state index in [4.69, 9.17) is 5.11 Å². The number of hydrogen-bond donors (Lipinski definition) is 2. The standard InChI is InChI=1S/C15H16N2O2/c18-14(19)11-3-2-10-6-12-8-16-9-15(4-1-5-15)17(12)13(10)7-11/h2-3,6-7,16H,1,4-5,8-9H2,(H,18,19). The predicted molar refractivity (Wildman–Crippen MR) is 72.4 cm³/mol. The molecule has 0 saturated heterocycles. The van der Waals surface area contributed by atoms with Gasteiger partial charge in [-0.3, -0.25) is 0 Å². The molecule has 4 nitrogen and oxygen atoms in total. The Morgan fingerprint density at radius 3 is 2.84 bits per heavy atom. The highest BCUT2D eigenvalue weighted by molar-refractivity contribution is 5.94. The third kappa shape index (κ3) is 1.40. The lowest BCUT2D eigenvalue weighted by molar-refractivity contribution is 0.0696. The maximum absolute atomic E-state index is 11.2. The zero-order chi connectivity index (χ0) is 13.0. The van der Waals surface area contributed by atoms with Crippen molar-refractivity contribution in [3.05, 3.63) is 35.5 Å². The second-order valence-corrected chi connectivity index (χ2v) is 5.73. The monoisotopic (exact) mass is 256 g/mol. The molecule has 0 amide bonds. The van der Waals surface area contributed by atoms with Crippen LogP contribution in [0.2, 0.25) is 0 Å². The van der Waals surface area contributed by atoms with E-state index in [-0.39, 0.29) is 5.54 Å². The van der Waals surface area contributed by atoms with Gasteiger partial charge in [-0.15, -0.1) is 0 Å². The molecule has 0 radical (unpaired) electrons. The summed E-state index contributed by atoms with van der Waals surface area (Å²) < 4.78 is 2.40. The van der Waals surface area contributed by atoms with Crippen molar-refractivity contribution in [3.63, 3.8) is 0 Å². The van der Waals surface area contributed by atoms with E-state index in [1.54, 1.807) is 6.07 Å². The molecule has 2 heterocycles. The maximum Gasteiger partial charge on any atom is 0.335 e. The minimum absolute atomic E-state index is 0.187. The molecule has 4 rings (SSSR count). The van der Waals surface area contributed by atoms with Crippen LogP contribution in [0.1, 0.15) is 35.3 Å². The third-order valence-electron chi connectivity index (χ3n) is 4.65. The van der Waals surface area contributed by atoms with Crippen LogP contribution < -0.4 is 5.32 Å². The first-order valence-electron chi connectivity index (χ1n) is 6.79. The minimum Gasteiger partial charge on any atom is -0.478 e. The Morgan fingerprint density at radius 1 is 1.32 bits per heavy atom. The highest BCUT2D eigenvalue weighted by Crippen LogP contribution is 2.44. The molecule has 0 unspecified atom stereocenters. The maximum atomic E-state index is 11.2. The van der Waals surface area contributed by atoms with Crippen molar-refractivity contribution in [1.82, 2.24) is 9.88 Å². The molecule has 2 aliphatic rings. The second kappa shape index (κ2) is 3.61. The summed E-state index contributed by atoms with van der Waals surface area (Å²) in [7, 11) is 0. The molecule has 1 aliphatic heterocycles. The number of nitrogens with zero attached hydrogens (tertiary/aromatic N) is 1. The number of carboxylic acid groups (broad SMARTS) is 1. The number of nitrogens with one attached hydrogen (secondary N) is 1. The van der Waals surface area contributed by atoms with Gasteiger partial charge in [0.15, 0.2) is 0 Å². The summed E-state index contributed by atoms with van der Waals surface area (Å²) in [6, 6.07) is 7.63. The van der Waals surface area contributed by atoms with E-state index in [0.717, 1.165) is 24.0 Å². The van der Waals surface area contributed by atoms with Crippen LogP contribution in [0.25, 0.3) is 10.9 Å². The Hall–Kier alpha value is -1.81. The zero-order valence-electron chi connectivity index (χ0n) is 10.6. The summed E-state index contributed by atoms with van der Waals surface area (Å²) in [5, 5.41) is 13.8. The Kier molecular flexibility index (Phi) is 2.10. The molecule has 1 aromatic carbocycles. The van der Waals surface area contributed by atoms with Gasteiger partial charge in [-0.25, -0.2) is 4.79 Å². The summed E-state index contributed by atoms with van der Waals surface area (Å²) >= 11 is 0. The van der Waals surface area contributed by atoms with E-state index < -0.39 is 5.97 Å². The molecule has 1 saturated carbocycles. The quantitative estimate of drug-likeness (QED) is 0.823. The van der Waals surface area contributed by atoms with E-state index in [2.05, 4.69) is 16.0 Å². The number of benzene rings is 1. The molecule has 2 N–H and O–H groups in total. The molecule has 1 aliphatic carbocycles. The van der Waals surface area contributed by atoms with Gasteiger partial charge in [-0.2, -0.15) is 0 Å². The minimum atomic E-state index is -0.853. The first-order chi connectivity index (χ1) is 9.20. The van der Waals surface area contributed by atoms with Crippen LogP contribution in [0.4, 0.5) is 0 Å². The van der Waals surface area contributed by atoms with Gasteiger partial charge in [0.2, 0.25) is 0 Å². The number of carbonyl (C=O) groups is 1. The molecular weight excluding hydrogens is 240 g/mol. The van der Waals surface area contributed by atoms with E-state index in [1.165, 1.54) is 25.0 Å². The smallest absolute Gasteiger partial charge is 0.335 e. The van der Waals surface area contributed by atoms with Crippen LogP contribution in [-0.2, 0) is 12.1 Å². The summed E-state index contributed by atoms with van der Waals surface area (Å²) in [5.74, 6) is -0.853. The van der Waals surface area contributed by atoms with Crippen molar-refractivity contribution in [2.24, 2.45) is 0 Å². The Balaban J connectivity index is 1.99. The van der Waals surface area contributed by atoms with Gasteiger partial charge in [-0.05, 0) is 42.8 Å². The molecule has 1 spiro atoms. The number of hydrogen-bond acceptors (Lipinski definition) is 2. The Labute approximate surface area is 111 Å². The van der Waals surface area contributed by atoms with Crippen LogP contribution >= 0.6 is 0 Å². The van der Waals surface area contributed by atoms with Gasteiger partial charge in [0.1, 0.15) is 0 Å². The van der Waals surface area contributed by atoms with E-state index in [1.807, 2.05) is 12.1 Å². The number of aromatic carboxylic acids is 1. The number of rotatable bonds is 1. The topological polar surface area (TPSA) is 54.3 Å². The largest absolute Gasteiger partial charge is 0.478 e.